The van der Waals surface area contributed by atoms with Gasteiger partial charge < -0.3 is 10.2 Å². The predicted octanol–water partition coefficient (Wildman–Crippen LogP) is 3.21. The molecule has 0 saturated heterocycles. The molecule has 1 aromatic carbocycles. The Bertz CT molecular complexity index is 394. The molecule has 0 heterocycles. The van der Waals surface area contributed by atoms with Crippen molar-refractivity contribution in [2.24, 2.45) is 5.41 Å². The number of hydrogen-bond donors (Lipinski definition) is 1. The lowest BCUT2D eigenvalue weighted by molar-refractivity contribution is 0.170. The topological polar surface area (TPSA) is 15.3 Å². The molecule has 2 heteroatoms. The first kappa shape index (κ1) is 14.5. The Morgan fingerprint density at radius 3 is 2.53 bits per heavy atom. The molecule has 1 N–H and O–H groups in total. The smallest absolute Gasteiger partial charge is 0.0233 e. The highest BCUT2D eigenvalue weighted by atomic mass is 15.1. The van der Waals surface area contributed by atoms with Crippen LogP contribution in [0.15, 0.2) is 24.3 Å². The van der Waals surface area contributed by atoms with E-state index >= 15 is 0 Å². The van der Waals surface area contributed by atoms with Gasteiger partial charge in [0, 0.05) is 19.6 Å². The molecule has 1 aliphatic rings. The first-order valence-corrected chi connectivity index (χ1v) is 7.53. The van der Waals surface area contributed by atoms with Gasteiger partial charge in [-0.05, 0) is 50.4 Å². The van der Waals surface area contributed by atoms with Gasteiger partial charge in [0.1, 0.15) is 0 Å². The van der Waals surface area contributed by atoms with E-state index in [0.29, 0.717) is 5.41 Å². The zero-order chi connectivity index (χ0) is 13.7. The molecule has 0 radical (unpaired) electrons. The number of rotatable bonds is 6. The maximum absolute atomic E-state index is 3.40. The Kier molecular flexibility index (Phi) is 5.00. The highest BCUT2D eigenvalue weighted by Crippen LogP contribution is 2.38. The van der Waals surface area contributed by atoms with Crippen LogP contribution in [0.4, 0.5) is 0 Å². The van der Waals surface area contributed by atoms with E-state index in [1.165, 1.54) is 43.4 Å². The molecule has 1 fully saturated rings. The minimum absolute atomic E-state index is 0.506. The number of aryl methyl sites for hydroxylation is 1. The summed E-state index contributed by atoms with van der Waals surface area (Å²) in [5.74, 6) is 0. The third-order valence-electron chi connectivity index (χ3n) is 4.52. The van der Waals surface area contributed by atoms with Gasteiger partial charge in [0.2, 0.25) is 0 Å². The fourth-order valence-electron chi connectivity index (χ4n) is 3.60. The zero-order valence-electron chi connectivity index (χ0n) is 12.7. The summed E-state index contributed by atoms with van der Waals surface area (Å²) in [5, 5.41) is 3.40. The Labute approximate surface area is 118 Å². The summed E-state index contributed by atoms with van der Waals surface area (Å²) in [6.45, 7) is 5.65. The molecule has 2 rings (SSSR count). The van der Waals surface area contributed by atoms with Crippen molar-refractivity contribution in [1.82, 2.24) is 10.2 Å². The minimum atomic E-state index is 0.506. The number of hydrogen-bond acceptors (Lipinski definition) is 2. The molecule has 2 nitrogen and oxygen atoms in total. The second-order valence-corrected chi connectivity index (χ2v) is 6.34. The highest BCUT2D eigenvalue weighted by molar-refractivity contribution is 5.25. The fourth-order valence-corrected chi connectivity index (χ4v) is 3.60. The van der Waals surface area contributed by atoms with Crippen molar-refractivity contribution < 1.29 is 0 Å². The van der Waals surface area contributed by atoms with Crippen LogP contribution in [-0.2, 0) is 6.54 Å². The van der Waals surface area contributed by atoms with Gasteiger partial charge in [0.15, 0.2) is 0 Å². The van der Waals surface area contributed by atoms with Gasteiger partial charge >= 0.3 is 0 Å². The lowest BCUT2D eigenvalue weighted by Gasteiger charge is -2.33. The Morgan fingerprint density at radius 2 is 1.89 bits per heavy atom. The van der Waals surface area contributed by atoms with Gasteiger partial charge in [-0.2, -0.15) is 0 Å². The van der Waals surface area contributed by atoms with Crippen molar-refractivity contribution in [1.29, 1.82) is 0 Å². The van der Waals surface area contributed by atoms with E-state index in [2.05, 4.69) is 55.5 Å². The molecular formula is C17H28N2. The zero-order valence-corrected chi connectivity index (χ0v) is 12.7. The van der Waals surface area contributed by atoms with E-state index in [0.717, 1.165) is 13.1 Å². The SMILES string of the molecule is CNCC1(CN(C)Cc2ccccc2C)CCCC1. The molecule has 1 aliphatic carbocycles. The average Bonchev–Trinajstić information content (AvgIpc) is 2.81. The van der Waals surface area contributed by atoms with E-state index < -0.39 is 0 Å². The summed E-state index contributed by atoms with van der Waals surface area (Å²) < 4.78 is 0. The van der Waals surface area contributed by atoms with Crippen molar-refractivity contribution in [3.8, 4) is 0 Å². The molecule has 0 unspecified atom stereocenters. The van der Waals surface area contributed by atoms with Crippen molar-refractivity contribution in [3.05, 3.63) is 35.4 Å². The lowest BCUT2D eigenvalue weighted by Crippen LogP contribution is -2.40. The van der Waals surface area contributed by atoms with Gasteiger partial charge in [-0.1, -0.05) is 37.1 Å². The Balaban J connectivity index is 1.96. The second kappa shape index (κ2) is 6.53. The van der Waals surface area contributed by atoms with Crippen LogP contribution in [0.25, 0.3) is 0 Å². The quantitative estimate of drug-likeness (QED) is 0.845. The van der Waals surface area contributed by atoms with Crippen LogP contribution in [0.2, 0.25) is 0 Å². The van der Waals surface area contributed by atoms with Crippen LogP contribution >= 0.6 is 0 Å². The third-order valence-corrected chi connectivity index (χ3v) is 4.52. The summed E-state index contributed by atoms with van der Waals surface area (Å²) in [6.07, 6.45) is 5.57. The van der Waals surface area contributed by atoms with Gasteiger partial charge in [0.05, 0.1) is 0 Å². The van der Waals surface area contributed by atoms with Crippen LogP contribution in [-0.4, -0.2) is 32.1 Å². The Hall–Kier alpha value is -0.860. The summed E-state index contributed by atoms with van der Waals surface area (Å²) in [4.78, 5) is 2.50. The van der Waals surface area contributed by atoms with E-state index in [-0.39, 0.29) is 0 Å². The van der Waals surface area contributed by atoms with Crippen LogP contribution < -0.4 is 5.32 Å². The molecule has 1 saturated carbocycles. The molecule has 1 aromatic rings. The van der Waals surface area contributed by atoms with Gasteiger partial charge in [0.25, 0.3) is 0 Å². The van der Waals surface area contributed by atoms with Crippen molar-refractivity contribution in [2.75, 3.05) is 27.2 Å². The van der Waals surface area contributed by atoms with E-state index in [4.69, 9.17) is 0 Å². The highest BCUT2D eigenvalue weighted by Gasteiger charge is 2.34. The molecule has 0 amide bonds. The molecule has 0 spiro atoms. The monoisotopic (exact) mass is 260 g/mol. The second-order valence-electron chi connectivity index (χ2n) is 6.34. The summed E-state index contributed by atoms with van der Waals surface area (Å²) in [6, 6.07) is 8.74. The number of nitrogens with zero attached hydrogens (tertiary/aromatic N) is 1. The largest absolute Gasteiger partial charge is 0.319 e. The normalized spacial score (nSPS) is 18.1. The Morgan fingerprint density at radius 1 is 1.21 bits per heavy atom. The van der Waals surface area contributed by atoms with E-state index in [1.807, 2.05) is 0 Å². The lowest BCUT2D eigenvalue weighted by atomic mass is 9.85. The van der Waals surface area contributed by atoms with Gasteiger partial charge in [-0.3, -0.25) is 0 Å². The van der Waals surface area contributed by atoms with Crippen molar-refractivity contribution in [3.63, 3.8) is 0 Å². The molecule has 0 aliphatic heterocycles. The molecule has 19 heavy (non-hydrogen) atoms. The van der Waals surface area contributed by atoms with Crippen LogP contribution in [0.1, 0.15) is 36.8 Å². The minimum Gasteiger partial charge on any atom is -0.319 e. The maximum atomic E-state index is 3.40. The molecule has 0 atom stereocenters. The summed E-state index contributed by atoms with van der Waals surface area (Å²) in [5.41, 5.74) is 3.37. The molecule has 0 aromatic heterocycles. The van der Waals surface area contributed by atoms with Crippen LogP contribution in [0.5, 0.6) is 0 Å². The van der Waals surface area contributed by atoms with Gasteiger partial charge in [-0.15, -0.1) is 0 Å². The van der Waals surface area contributed by atoms with Crippen LogP contribution in [0, 0.1) is 12.3 Å². The molecular weight excluding hydrogens is 232 g/mol. The first-order valence-electron chi connectivity index (χ1n) is 7.53. The summed E-state index contributed by atoms with van der Waals surface area (Å²) >= 11 is 0. The molecule has 106 valence electrons. The maximum Gasteiger partial charge on any atom is 0.0233 e. The van der Waals surface area contributed by atoms with Crippen molar-refractivity contribution in [2.45, 2.75) is 39.2 Å². The fraction of sp³-hybridized carbons (Fsp3) is 0.647. The summed E-state index contributed by atoms with van der Waals surface area (Å²) in [7, 11) is 4.35. The average molecular weight is 260 g/mol. The first-order chi connectivity index (χ1) is 9.15. The van der Waals surface area contributed by atoms with Crippen molar-refractivity contribution >= 4 is 0 Å². The molecule has 0 bridgehead atoms. The van der Waals surface area contributed by atoms with Gasteiger partial charge in [-0.25, -0.2) is 0 Å². The van der Waals surface area contributed by atoms with E-state index in [1.54, 1.807) is 0 Å². The third kappa shape index (κ3) is 3.80. The number of nitrogens with one attached hydrogen (secondary N) is 1. The predicted molar refractivity (Wildman–Crippen MR) is 82.3 cm³/mol. The van der Waals surface area contributed by atoms with E-state index in [9.17, 15) is 0 Å². The van der Waals surface area contributed by atoms with Crippen LogP contribution in [0.3, 0.4) is 0 Å². The standard InChI is InChI=1S/C17H28N2/c1-15-8-4-5-9-16(15)12-19(3)14-17(13-18-2)10-6-7-11-17/h4-5,8-9,18H,6-7,10-14H2,1-3H3. The number of benzene rings is 1.